The maximum Gasteiger partial charge on any atom is 0.297 e. The molecule has 4 heteroatoms. The quantitative estimate of drug-likeness (QED) is 0.161. The first kappa shape index (κ1) is 47.9. The molecule has 15 rings (SSSR count). The third kappa shape index (κ3) is 6.78. The zero-order valence-electron chi connectivity index (χ0n) is 48.0. The fraction of sp³-hybridized carbons (Fsp3) is 0.465. The van der Waals surface area contributed by atoms with Crippen molar-refractivity contribution in [2.45, 2.75) is 211 Å². The highest BCUT2D eigenvalue weighted by Crippen LogP contribution is 2.57. The van der Waals surface area contributed by atoms with E-state index in [1.54, 1.807) is 0 Å². The summed E-state index contributed by atoms with van der Waals surface area (Å²) >= 11 is 0. The van der Waals surface area contributed by atoms with Gasteiger partial charge in [0.1, 0.15) is 5.58 Å². The van der Waals surface area contributed by atoms with Crippen molar-refractivity contribution < 1.29 is 4.42 Å². The molecule has 0 N–H and O–H groups in total. The zero-order valence-corrected chi connectivity index (χ0v) is 48.0. The predicted octanol–water partition coefficient (Wildman–Crippen LogP) is 17.9. The second-order valence-electron chi connectivity index (χ2n) is 29.5. The highest BCUT2D eigenvalue weighted by molar-refractivity contribution is 7.00. The minimum absolute atomic E-state index is 0.0291. The van der Waals surface area contributed by atoms with E-state index in [0.717, 1.165) is 17.7 Å². The third-order valence-corrected chi connectivity index (χ3v) is 21.7. The third-order valence-electron chi connectivity index (χ3n) is 21.7. The first-order valence-corrected chi connectivity index (χ1v) is 29.4. The van der Waals surface area contributed by atoms with Gasteiger partial charge in [0.25, 0.3) is 6.71 Å². The lowest BCUT2D eigenvalue weighted by Crippen LogP contribution is -2.61. The van der Waals surface area contributed by atoms with Crippen LogP contribution in [0.2, 0.25) is 0 Å². The molecule has 6 aromatic carbocycles. The standard InChI is InChI=1S/C71H81BN2O/c1-65(2)28-29-66(3,4)51-37-47(25-26-50(51)65)73-59-34-44(42-18-16-15-17-19-42)35-60-62(59)72(64-63(73)49-39-53-55(41-61(49)75-64)70(11,12)33-31-68(53,7)8)56-27-24-46-36-58(56)74(60)57-40-54-52(67(5,6)30-32-69(54,9)10)38-48(57)43-20-22-45(23-21-43)71(46,13)14/h20-27,34-42H,15-19,28-33H2,1-14H3. The largest absolute Gasteiger partial charge is 0.468 e. The molecule has 384 valence electrons. The summed E-state index contributed by atoms with van der Waals surface area (Å²) in [5, 5.41) is 1.25. The Balaban J connectivity index is 1.14. The molecule has 0 unspecified atom stereocenters. The van der Waals surface area contributed by atoms with Gasteiger partial charge in [0, 0.05) is 39.1 Å². The zero-order chi connectivity index (χ0) is 52.3. The Bertz CT molecular complexity index is 3580. The molecule has 0 saturated heterocycles. The minimum atomic E-state index is -0.226. The maximum atomic E-state index is 7.80. The molecule has 1 fully saturated rings. The fourth-order valence-electron chi connectivity index (χ4n) is 16.1. The Kier molecular flexibility index (Phi) is 9.83. The van der Waals surface area contributed by atoms with Crippen molar-refractivity contribution in [3.05, 3.63) is 147 Å². The molecule has 8 aliphatic rings. The van der Waals surface area contributed by atoms with Crippen LogP contribution in [-0.4, -0.2) is 6.71 Å². The Labute approximate surface area is 450 Å². The molecule has 0 amide bonds. The summed E-state index contributed by atoms with van der Waals surface area (Å²) in [5.74, 6) is 0.493. The van der Waals surface area contributed by atoms with Gasteiger partial charge in [0.2, 0.25) is 0 Å². The van der Waals surface area contributed by atoms with Gasteiger partial charge in [-0.3, -0.25) is 0 Å². The average Bonchev–Trinajstić information content (AvgIpc) is 3.77. The van der Waals surface area contributed by atoms with Crippen LogP contribution in [0.15, 0.2) is 101 Å². The summed E-state index contributed by atoms with van der Waals surface area (Å²) < 4.78 is 7.80. The SMILES string of the molecule is CC1(C)CCC(C)(C)c2cc(N3c4cc(C5CCCCC5)cc5c4B(c4ccc6cc4N5c4cc5c(cc4-c4ccc(cc4)C6(C)C)C(C)(C)CCC5(C)C)c4oc5cc6c(cc5c43)C(C)(C)CCC6(C)C)ccc21. The molecule has 4 aliphatic carbocycles. The van der Waals surface area contributed by atoms with Crippen molar-refractivity contribution in [2.24, 2.45) is 0 Å². The maximum absolute atomic E-state index is 7.80. The monoisotopic (exact) mass is 989 g/mol. The van der Waals surface area contributed by atoms with E-state index in [9.17, 15) is 0 Å². The number of rotatable bonds is 2. The number of anilines is 6. The number of nitrogens with zero attached hydrogens (tertiary/aromatic N) is 2. The molecular weight excluding hydrogens is 908 g/mol. The van der Waals surface area contributed by atoms with Crippen LogP contribution >= 0.6 is 0 Å². The van der Waals surface area contributed by atoms with Crippen LogP contribution in [0.25, 0.3) is 22.1 Å². The minimum Gasteiger partial charge on any atom is -0.468 e. The van der Waals surface area contributed by atoms with Gasteiger partial charge < -0.3 is 14.2 Å². The number of fused-ring (bicyclic) bond motifs is 10. The molecule has 4 bridgehead atoms. The fourth-order valence-corrected chi connectivity index (χ4v) is 16.1. The van der Waals surface area contributed by atoms with Gasteiger partial charge in [-0.2, -0.15) is 0 Å². The summed E-state index contributed by atoms with van der Waals surface area (Å²) in [7, 11) is 0. The van der Waals surface area contributed by atoms with Crippen molar-refractivity contribution in [1.82, 2.24) is 0 Å². The van der Waals surface area contributed by atoms with Crippen LogP contribution in [0.1, 0.15) is 224 Å². The molecule has 3 nitrogen and oxygen atoms in total. The van der Waals surface area contributed by atoms with E-state index in [1.807, 2.05) is 0 Å². The molecule has 0 spiro atoms. The van der Waals surface area contributed by atoms with Gasteiger partial charge in [0.15, 0.2) is 0 Å². The van der Waals surface area contributed by atoms with E-state index in [1.165, 1.54) is 176 Å². The van der Waals surface area contributed by atoms with E-state index in [4.69, 9.17) is 4.42 Å². The number of furan rings is 1. The van der Waals surface area contributed by atoms with Gasteiger partial charge in [0.05, 0.1) is 17.0 Å². The van der Waals surface area contributed by atoms with Crippen LogP contribution in [-0.2, 0) is 37.9 Å². The summed E-state index contributed by atoms with van der Waals surface area (Å²) in [6.07, 6.45) is 13.4. The highest BCUT2D eigenvalue weighted by Gasteiger charge is 2.50. The van der Waals surface area contributed by atoms with Gasteiger partial charge in [-0.25, -0.2) is 0 Å². The molecule has 0 radical (unpaired) electrons. The topological polar surface area (TPSA) is 19.6 Å². The van der Waals surface area contributed by atoms with Gasteiger partial charge in [-0.1, -0.05) is 159 Å². The Morgan fingerprint density at radius 1 is 0.453 bits per heavy atom. The molecule has 75 heavy (non-hydrogen) atoms. The van der Waals surface area contributed by atoms with Crippen LogP contribution in [0, 0.1) is 0 Å². The summed E-state index contributed by atoms with van der Waals surface area (Å²) in [4.78, 5) is 5.52. The van der Waals surface area contributed by atoms with Crippen molar-refractivity contribution in [1.29, 1.82) is 0 Å². The Hall–Kier alpha value is -5.48. The molecule has 7 aromatic rings. The van der Waals surface area contributed by atoms with E-state index in [2.05, 4.69) is 204 Å². The average molecular weight is 989 g/mol. The molecular formula is C71H81BN2O. The van der Waals surface area contributed by atoms with Crippen LogP contribution in [0.5, 0.6) is 0 Å². The normalized spacial score (nSPS) is 22.3. The van der Waals surface area contributed by atoms with E-state index in [-0.39, 0.29) is 44.6 Å². The summed E-state index contributed by atoms with van der Waals surface area (Å²) in [5.41, 5.74) is 28.4. The van der Waals surface area contributed by atoms with Gasteiger partial charge >= 0.3 is 0 Å². The number of hydrogen-bond donors (Lipinski definition) is 0. The second-order valence-corrected chi connectivity index (χ2v) is 29.5. The molecule has 1 aromatic heterocycles. The van der Waals surface area contributed by atoms with Gasteiger partial charge in [-0.15, -0.1) is 0 Å². The van der Waals surface area contributed by atoms with E-state index < -0.39 is 0 Å². The van der Waals surface area contributed by atoms with Crippen molar-refractivity contribution in [3.8, 4) is 11.1 Å². The van der Waals surface area contributed by atoms with Gasteiger partial charge in [-0.05, 0) is 211 Å². The second kappa shape index (κ2) is 15.4. The summed E-state index contributed by atoms with van der Waals surface area (Å²) in [6.45, 7) is 34.5. The van der Waals surface area contributed by atoms with Crippen molar-refractivity contribution >= 4 is 68.4 Å². The van der Waals surface area contributed by atoms with Crippen molar-refractivity contribution in [2.75, 3.05) is 9.80 Å². The molecule has 1 saturated carbocycles. The molecule has 0 atom stereocenters. The Morgan fingerprint density at radius 2 is 0.987 bits per heavy atom. The van der Waals surface area contributed by atoms with Crippen LogP contribution in [0.3, 0.4) is 0 Å². The predicted molar refractivity (Wildman–Crippen MR) is 319 cm³/mol. The van der Waals surface area contributed by atoms with E-state index >= 15 is 0 Å². The molecule has 5 heterocycles. The lowest BCUT2D eigenvalue weighted by Gasteiger charge is -2.46. The lowest BCUT2D eigenvalue weighted by molar-refractivity contribution is 0.332. The Morgan fingerprint density at radius 3 is 1.61 bits per heavy atom. The van der Waals surface area contributed by atoms with Crippen LogP contribution in [0.4, 0.5) is 34.1 Å². The highest BCUT2D eigenvalue weighted by atomic mass is 16.3. The molecule has 4 aliphatic heterocycles. The van der Waals surface area contributed by atoms with E-state index in [0.29, 0.717) is 5.92 Å². The summed E-state index contributed by atoms with van der Waals surface area (Å²) in [6, 6.07) is 40.7. The smallest absolute Gasteiger partial charge is 0.297 e. The van der Waals surface area contributed by atoms with Crippen molar-refractivity contribution in [3.63, 3.8) is 0 Å². The first-order valence-electron chi connectivity index (χ1n) is 29.4. The number of hydrogen-bond acceptors (Lipinski definition) is 3. The van der Waals surface area contributed by atoms with Crippen LogP contribution < -0.4 is 26.4 Å². The first-order chi connectivity index (χ1) is 35.4. The lowest BCUT2D eigenvalue weighted by atomic mass is 9.35. The number of benzene rings is 6.